The number of aliphatic hydroxyl groups excluding tert-OH is 1. The number of thioether (sulfide) groups is 1. The number of benzene rings is 1. The molecule has 1 atom stereocenters. The van der Waals surface area contributed by atoms with E-state index in [1.54, 1.807) is 0 Å². The van der Waals surface area contributed by atoms with Gasteiger partial charge in [0.25, 0.3) is 0 Å². The molecule has 1 rings (SSSR count). The van der Waals surface area contributed by atoms with E-state index in [9.17, 15) is 12.8 Å². The summed E-state index contributed by atoms with van der Waals surface area (Å²) in [6.07, 6.45) is 1.87. The van der Waals surface area contributed by atoms with Crippen molar-refractivity contribution in [2.24, 2.45) is 0 Å². The quantitative estimate of drug-likeness (QED) is 0.831. The second-order valence-electron chi connectivity index (χ2n) is 3.82. The predicted octanol–water partition coefficient (Wildman–Crippen LogP) is 1.35. The highest BCUT2D eigenvalue weighted by molar-refractivity contribution is 7.99. The SMILES string of the molecule is CSC(C)CNS(=O)(=O)c1cc(CO)ccc1F. The third-order valence-corrected chi connectivity index (χ3v) is 4.84. The third kappa shape index (κ3) is 3.94. The summed E-state index contributed by atoms with van der Waals surface area (Å²) < 4.78 is 39.6. The fraction of sp³-hybridized carbons (Fsp3) is 0.455. The molecule has 0 spiro atoms. The van der Waals surface area contributed by atoms with Crippen molar-refractivity contribution >= 4 is 21.8 Å². The van der Waals surface area contributed by atoms with Gasteiger partial charge < -0.3 is 5.11 Å². The molecule has 2 N–H and O–H groups in total. The first kappa shape index (κ1) is 15.4. The van der Waals surface area contributed by atoms with E-state index in [1.165, 1.54) is 17.8 Å². The van der Waals surface area contributed by atoms with E-state index in [-0.39, 0.29) is 18.4 Å². The third-order valence-electron chi connectivity index (χ3n) is 2.43. The maximum Gasteiger partial charge on any atom is 0.243 e. The van der Waals surface area contributed by atoms with Gasteiger partial charge in [-0.3, -0.25) is 0 Å². The molecule has 102 valence electrons. The van der Waals surface area contributed by atoms with Crippen molar-refractivity contribution in [1.29, 1.82) is 0 Å². The van der Waals surface area contributed by atoms with Crippen molar-refractivity contribution in [1.82, 2.24) is 4.72 Å². The topological polar surface area (TPSA) is 66.4 Å². The summed E-state index contributed by atoms with van der Waals surface area (Å²) in [7, 11) is -3.88. The highest BCUT2D eigenvalue weighted by Crippen LogP contribution is 2.17. The number of rotatable bonds is 6. The molecule has 0 aliphatic heterocycles. The van der Waals surface area contributed by atoms with Crippen molar-refractivity contribution in [2.75, 3.05) is 12.8 Å². The normalized spacial score (nSPS) is 13.6. The lowest BCUT2D eigenvalue weighted by Crippen LogP contribution is -2.30. The van der Waals surface area contributed by atoms with Gasteiger partial charge in [0.15, 0.2) is 0 Å². The Morgan fingerprint density at radius 2 is 2.17 bits per heavy atom. The Labute approximate surface area is 111 Å². The summed E-state index contributed by atoms with van der Waals surface area (Å²) in [6.45, 7) is 1.77. The maximum absolute atomic E-state index is 13.5. The lowest BCUT2D eigenvalue weighted by atomic mass is 10.2. The van der Waals surface area contributed by atoms with Crippen LogP contribution >= 0.6 is 11.8 Å². The van der Waals surface area contributed by atoms with Crippen LogP contribution in [0.25, 0.3) is 0 Å². The average Bonchev–Trinajstić information content (AvgIpc) is 2.36. The van der Waals surface area contributed by atoms with Gasteiger partial charge in [-0.15, -0.1) is 0 Å². The summed E-state index contributed by atoms with van der Waals surface area (Å²) in [5.41, 5.74) is 0.356. The largest absolute Gasteiger partial charge is 0.392 e. The summed E-state index contributed by atoms with van der Waals surface area (Å²) >= 11 is 1.51. The molecule has 0 aliphatic rings. The molecule has 0 aromatic heterocycles. The molecule has 0 amide bonds. The van der Waals surface area contributed by atoms with Crippen LogP contribution in [0, 0.1) is 5.82 Å². The van der Waals surface area contributed by atoms with Gasteiger partial charge in [0.05, 0.1) is 6.61 Å². The van der Waals surface area contributed by atoms with E-state index < -0.39 is 20.7 Å². The second kappa shape index (κ2) is 6.51. The second-order valence-corrected chi connectivity index (χ2v) is 6.83. The summed E-state index contributed by atoms with van der Waals surface area (Å²) in [6, 6.07) is 3.53. The van der Waals surface area contributed by atoms with E-state index in [2.05, 4.69) is 4.72 Å². The van der Waals surface area contributed by atoms with Crippen molar-refractivity contribution in [3.8, 4) is 0 Å². The summed E-state index contributed by atoms with van der Waals surface area (Å²) in [5.74, 6) is -0.823. The Morgan fingerprint density at radius 1 is 1.50 bits per heavy atom. The number of hydrogen-bond acceptors (Lipinski definition) is 4. The van der Waals surface area contributed by atoms with Gasteiger partial charge in [0.2, 0.25) is 10.0 Å². The van der Waals surface area contributed by atoms with Gasteiger partial charge in [-0.25, -0.2) is 17.5 Å². The summed E-state index contributed by atoms with van der Waals surface area (Å²) in [4.78, 5) is -0.428. The van der Waals surface area contributed by atoms with Crippen LogP contribution in [0.15, 0.2) is 23.1 Å². The monoisotopic (exact) mass is 293 g/mol. The van der Waals surface area contributed by atoms with Crippen LogP contribution in [0.5, 0.6) is 0 Å². The molecule has 0 aliphatic carbocycles. The smallest absolute Gasteiger partial charge is 0.243 e. The molecule has 0 bridgehead atoms. The van der Waals surface area contributed by atoms with Gasteiger partial charge in [0, 0.05) is 11.8 Å². The Hall–Kier alpha value is -0.630. The van der Waals surface area contributed by atoms with Gasteiger partial charge in [-0.2, -0.15) is 11.8 Å². The van der Waals surface area contributed by atoms with E-state index in [1.807, 2.05) is 13.2 Å². The molecule has 1 aromatic carbocycles. The van der Waals surface area contributed by atoms with E-state index >= 15 is 0 Å². The fourth-order valence-corrected chi connectivity index (χ4v) is 2.85. The first-order valence-electron chi connectivity index (χ1n) is 5.32. The van der Waals surface area contributed by atoms with E-state index in [0.717, 1.165) is 12.1 Å². The Bertz CT molecular complexity index is 505. The first-order valence-corrected chi connectivity index (χ1v) is 8.09. The molecule has 1 aromatic rings. The zero-order valence-electron chi connectivity index (χ0n) is 10.2. The van der Waals surface area contributed by atoms with Crippen LogP contribution in [-0.4, -0.2) is 31.6 Å². The first-order chi connectivity index (χ1) is 8.40. The van der Waals surface area contributed by atoms with Gasteiger partial charge in [-0.1, -0.05) is 13.0 Å². The number of halogens is 1. The standard InChI is InChI=1S/C11H16FNO3S2/c1-8(17-2)6-13-18(15,16)11-5-9(7-14)3-4-10(11)12/h3-5,8,13-14H,6-7H2,1-2H3. The number of aliphatic hydroxyl groups is 1. The molecule has 4 nitrogen and oxygen atoms in total. The molecule has 7 heteroatoms. The van der Waals surface area contributed by atoms with Crippen LogP contribution < -0.4 is 4.72 Å². The van der Waals surface area contributed by atoms with Crippen LogP contribution in [0.4, 0.5) is 4.39 Å². The minimum Gasteiger partial charge on any atom is -0.392 e. The zero-order valence-corrected chi connectivity index (χ0v) is 11.8. The predicted molar refractivity (Wildman–Crippen MR) is 70.5 cm³/mol. The van der Waals surface area contributed by atoms with Crippen LogP contribution in [0.3, 0.4) is 0 Å². The lowest BCUT2D eigenvalue weighted by molar-refractivity contribution is 0.281. The molecule has 0 heterocycles. The number of hydrogen-bond donors (Lipinski definition) is 2. The fourth-order valence-electron chi connectivity index (χ4n) is 1.24. The average molecular weight is 293 g/mol. The molecule has 0 saturated heterocycles. The highest BCUT2D eigenvalue weighted by Gasteiger charge is 2.19. The number of nitrogens with one attached hydrogen (secondary N) is 1. The minimum absolute atomic E-state index is 0.101. The molecule has 1 unspecified atom stereocenters. The Balaban J connectivity index is 2.97. The van der Waals surface area contributed by atoms with Crippen LogP contribution in [0.1, 0.15) is 12.5 Å². The van der Waals surface area contributed by atoms with E-state index in [0.29, 0.717) is 5.56 Å². The van der Waals surface area contributed by atoms with E-state index in [4.69, 9.17) is 5.11 Å². The Morgan fingerprint density at radius 3 is 2.72 bits per heavy atom. The molecule has 0 radical (unpaired) electrons. The molecule has 18 heavy (non-hydrogen) atoms. The molecular formula is C11H16FNO3S2. The molecular weight excluding hydrogens is 277 g/mol. The van der Waals surface area contributed by atoms with Crippen molar-refractivity contribution in [2.45, 2.75) is 23.7 Å². The molecule has 0 saturated carbocycles. The van der Waals surface area contributed by atoms with Crippen molar-refractivity contribution in [3.63, 3.8) is 0 Å². The van der Waals surface area contributed by atoms with Crippen LogP contribution in [0.2, 0.25) is 0 Å². The van der Waals surface area contributed by atoms with Gasteiger partial charge in [0.1, 0.15) is 10.7 Å². The van der Waals surface area contributed by atoms with Crippen molar-refractivity contribution < 1.29 is 17.9 Å². The van der Waals surface area contributed by atoms with Crippen molar-refractivity contribution in [3.05, 3.63) is 29.6 Å². The maximum atomic E-state index is 13.5. The Kier molecular flexibility index (Phi) is 5.58. The minimum atomic E-state index is -3.88. The lowest BCUT2D eigenvalue weighted by Gasteiger charge is -2.11. The van der Waals surface area contributed by atoms with Gasteiger partial charge in [-0.05, 0) is 24.0 Å². The van der Waals surface area contributed by atoms with Crippen LogP contribution in [-0.2, 0) is 16.6 Å². The zero-order chi connectivity index (χ0) is 13.8. The highest BCUT2D eigenvalue weighted by atomic mass is 32.2. The number of sulfonamides is 1. The van der Waals surface area contributed by atoms with Gasteiger partial charge >= 0.3 is 0 Å². The molecule has 0 fully saturated rings. The summed E-state index contributed by atoms with van der Waals surface area (Å²) in [5, 5.41) is 9.03.